The average molecular weight is 264 g/mol. The van der Waals surface area contributed by atoms with Crippen molar-refractivity contribution in [1.82, 2.24) is 10.5 Å². The van der Waals surface area contributed by atoms with E-state index < -0.39 is 5.97 Å². The van der Waals surface area contributed by atoms with E-state index in [1.807, 2.05) is 0 Å². The molecule has 1 amide bonds. The third-order valence-corrected chi connectivity index (χ3v) is 3.64. The van der Waals surface area contributed by atoms with Gasteiger partial charge in [-0.3, -0.25) is 9.59 Å². The number of carboxylic acid groups (broad SMARTS) is 1. The fourth-order valence-corrected chi connectivity index (χ4v) is 2.22. The number of rotatable bonds is 6. The zero-order chi connectivity index (χ0) is 13.4. The first kappa shape index (κ1) is 12.2. The molecule has 0 saturated heterocycles. The second-order valence-electron chi connectivity index (χ2n) is 5.40. The summed E-state index contributed by atoms with van der Waals surface area (Å²) in [5, 5.41) is 15.4. The van der Waals surface area contributed by atoms with Gasteiger partial charge in [0.15, 0.2) is 5.69 Å². The van der Waals surface area contributed by atoms with Crippen molar-refractivity contribution in [3.63, 3.8) is 0 Å². The standard InChI is InChI=1S/C13H16N2O4/c16-12(17)6-9(7-1-2-7)14-13(18)10-5-11(19-15-10)8-3-4-8/h5,7-9H,1-4,6H2,(H,14,18)(H,16,17). The van der Waals surface area contributed by atoms with Crippen LogP contribution >= 0.6 is 0 Å². The van der Waals surface area contributed by atoms with E-state index in [0.29, 0.717) is 5.92 Å². The molecule has 2 aliphatic carbocycles. The van der Waals surface area contributed by atoms with Crippen molar-refractivity contribution in [1.29, 1.82) is 0 Å². The number of carbonyl (C=O) groups is 2. The van der Waals surface area contributed by atoms with Gasteiger partial charge in [-0.05, 0) is 31.6 Å². The van der Waals surface area contributed by atoms with E-state index in [1.165, 1.54) is 0 Å². The van der Waals surface area contributed by atoms with E-state index >= 15 is 0 Å². The Balaban J connectivity index is 1.62. The lowest BCUT2D eigenvalue weighted by atomic mass is 10.1. The molecule has 2 N–H and O–H groups in total. The van der Waals surface area contributed by atoms with Crippen molar-refractivity contribution in [2.75, 3.05) is 0 Å². The molecule has 2 saturated carbocycles. The normalized spacial score (nSPS) is 20.0. The van der Waals surface area contributed by atoms with Crippen LogP contribution < -0.4 is 5.32 Å². The largest absolute Gasteiger partial charge is 0.481 e. The Kier molecular flexibility index (Phi) is 3.00. The first-order valence-corrected chi connectivity index (χ1v) is 6.62. The smallest absolute Gasteiger partial charge is 0.305 e. The van der Waals surface area contributed by atoms with Crippen LogP contribution in [0.3, 0.4) is 0 Å². The Labute approximate surface area is 110 Å². The van der Waals surface area contributed by atoms with Gasteiger partial charge in [0.2, 0.25) is 0 Å². The third kappa shape index (κ3) is 2.94. The summed E-state index contributed by atoms with van der Waals surface area (Å²) < 4.78 is 5.12. The van der Waals surface area contributed by atoms with E-state index in [4.69, 9.17) is 9.63 Å². The van der Waals surface area contributed by atoms with Gasteiger partial charge in [0.25, 0.3) is 5.91 Å². The highest BCUT2D eigenvalue weighted by Gasteiger charge is 2.35. The maximum Gasteiger partial charge on any atom is 0.305 e. The Hall–Kier alpha value is -1.85. The van der Waals surface area contributed by atoms with Gasteiger partial charge in [0.1, 0.15) is 5.76 Å². The van der Waals surface area contributed by atoms with Gasteiger partial charge in [-0.2, -0.15) is 0 Å². The highest BCUT2D eigenvalue weighted by molar-refractivity contribution is 5.92. The maximum atomic E-state index is 12.0. The van der Waals surface area contributed by atoms with Crippen molar-refractivity contribution in [2.45, 2.75) is 44.1 Å². The Morgan fingerprint density at radius 3 is 2.74 bits per heavy atom. The summed E-state index contributed by atoms with van der Waals surface area (Å²) >= 11 is 0. The van der Waals surface area contributed by atoms with Crippen molar-refractivity contribution < 1.29 is 19.2 Å². The van der Waals surface area contributed by atoms with Gasteiger partial charge in [-0.15, -0.1) is 0 Å². The number of carboxylic acids is 1. The lowest BCUT2D eigenvalue weighted by molar-refractivity contribution is -0.137. The van der Waals surface area contributed by atoms with Crippen LogP contribution in [0.25, 0.3) is 0 Å². The predicted octanol–water partition coefficient (Wildman–Crippen LogP) is 1.54. The van der Waals surface area contributed by atoms with E-state index in [0.717, 1.165) is 31.4 Å². The summed E-state index contributed by atoms with van der Waals surface area (Å²) in [6.45, 7) is 0. The molecule has 1 unspecified atom stereocenters. The van der Waals surface area contributed by atoms with Crippen molar-refractivity contribution >= 4 is 11.9 Å². The minimum Gasteiger partial charge on any atom is -0.481 e. The molecule has 0 radical (unpaired) electrons. The molecular weight excluding hydrogens is 248 g/mol. The van der Waals surface area contributed by atoms with Gasteiger partial charge >= 0.3 is 5.97 Å². The lowest BCUT2D eigenvalue weighted by Crippen LogP contribution is -2.38. The molecule has 0 aliphatic heterocycles. The van der Waals surface area contributed by atoms with E-state index in [-0.39, 0.29) is 30.0 Å². The summed E-state index contributed by atoms with van der Waals surface area (Å²) in [4.78, 5) is 22.8. The number of carbonyl (C=O) groups excluding carboxylic acids is 1. The highest BCUT2D eigenvalue weighted by atomic mass is 16.5. The molecule has 102 valence electrons. The molecule has 6 nitrogen and oxygen atoms in total. The Morgan fingerprint density at radius 1 is 1.42 bits per heavy atom. The molecule has 2 aliphatic rings. The minimum absolute atomic E-state index is 0.0380. The monoisotopic (exact) mass is 264 g/mol. The van der Waals surface area contributed by atoms with Gasteiger partial charge < -0.3 is 14.9 Å². The van der Waals surface area contributed by atoms with E-state index in [1.54, 1.807) is 6.07 Å². The van der Waals surface area contributed by atoms with Gasteiger partial charge in [-0.25, -0.2) is 0 Å². The van der Waals surface area contributed by atoms with Crippen LogP contribution in [0, 0.1) is 5.92 Å². The Morgan fingerprint density at radius 2 is 2.16 bits per heavy atom. The number of aliphatic carboxylic acids is 1. The van der Waals surface area contributed by atoms with E-state index in [2.05, 4.69) is 10.5 Å². The predicted molar refractivity (Wildman–Crippen MR) is 64.7 cm³/mol. The van der Waals surface area contributed by atoms with Crippen LogP contribution in [0.5, 0.6) is 0 Å². The molecule has 0 aromatic carbocycles. The first-order valence-electron chi connectivity index (χ1n) is 6.62. The quantitative estimate of drug-likeness (QED) is 0.813. The highest BCUT2D eigenvalue weighted by Crippen LogP contribution is 2.40. The number of hydrogen-bond donors (Lipinski definition) is 2. The van der Waals surface area contributed by atoms with Crippen LogP contribution in [0.1, 0.15) is 54.3 Å². The maximum absolute atomic E-state index is 12.0. The van der Waals surface area contributed by atoms with Crippen LogP contribution in [0.15, 0.2) is 10.6 Å². The molecule has 1 heterocycles. The molecule has 1 aromatic heterocycles. The summed E-state index contributed by atoms with van der Waals surface area (Å²) in [5.41, 5.74) is 0.248. The summed E-state index contributed by atoms with van der Waals surface area (Å²) in [5.74, 6) is 0.221. The average Bonchev–Trinajstić information content (AvgIpc) is 3.26. The third-order valence-electron chi connectivity index (χ3n) is 3.64. The fraction of sp³-hybridized carbons (Fsp3) is 0.615. The molecule has 0 bridgehead atoms. The fourth-order valence-electron chi connectivity index (χ4n) is 2.22. The summed E-state index contributed by atoms with van der Waals surface area (Å²) in [6.07, 6.45) is 4.08. The zero-order valence-corrected chi connectivity index (χ0v) is 10.5. The first-order chi connectivity index (χ1) is 9.13. The van der Waals surface area contributed by atoms with Gasteiger partial charge in [0, 0.05) is 18.0 Å². The van der Waals surface area contributed by atoms with Gasteiger partial charge in [0.05, 0.1) is 6.42 Å². The molecule has 1 atom stereocenters. The second-order valence-corrected chi connectivity index (χ2v) is 5.40. The minimum atomic E-state index is -0.893. The van der Waals surface area contributed by atoms with E-state index in [9.17, 15) is 9.59 Å². The molecule has 2 fully saturated rings. The second kappa shape index (κ2) is 4.68. The number of amides is 1. The van der Waals surface area contributed by atoms with Gasteiger partial charge in [-0.1, -0.05) is 5.16 Å². The van der Waals surface area contributed by atoms with Crippen LogP contribution in [0.2, 0.25) is 0 Å². The number of hydrogen-bond acceptors (Lipinski definition) is 4. The SMILES string of the molecule is O=C(O)CC(NC(=O)c1cc(C2CC2)on1)C1CC1. The van der Waals surface area contributed by atoms with Crippen LogP contribution in [-0.2, 0) is 4.79 Å². The number of nitrogens with one attached hydrogen (secondary N) is 1. The molecule has 3 rings (SSSR count). The van der Waals surface area contributed by atoms with Crippen LogP contribution in [-0.4, -0.2) is 28.2 Å². The molecular formula is C13H16N2O4. The van der Waals surface area contributed by atoms with Crippen molar-refractivity contribution in [3.05, 3.63) is 17.5 Å². The van der Waals surface area contributed by atoms with Crippen LogP contribution in [0.4, 0.5) is 0 Å². The zero-order valence-electron chi connectivity index (χ0n) is 10.5. The molecule has 6 heteroatoms. The number of aromatic nitrogens is 1. The van der Waals surface area contributed by atoms with Crippen molar-refractivity contribution in [2.24, 2.45) is 5.92 Å². The summed E-state index contributed by atoms with van der Waals surface area (Å²) in [7, 11) is 0. The topological polar surface area (TPSA) is 92.4 Å². The molecule has 1 aromatic rings. The molecule has 19 heavy (non-hydrogen) atoms. The number of nitrogens with zero attached hydrogens (tertiary/aromatic N) is 1. The lowest BCUT2D eigenvalue weighted by Gasteiger charge is -2.14. The van der Waals surface area contributed by atoms with Crippen molar-refractivity contribution in [3.8, 4) is 0 Å². The summed E-state index contributed by atoms with van der Waals surface area (Å²) in [6, 6.07) is 1.36. The molecule has 0 spiro atoms. The Bertz CT molecular complexity index is 502.